The van der Waals surface area contributed by atoms with Gasteiger partial charge in [0.1, 0.15) is 5.82 Å². The van der Waals surface area contributed by atoms with E-state index in [4.69, 9.17) is 0 Å². The van der Waals surface area contributed by atoms with E-state index in [1.807, 2.05) is 19.3 Å². The van der Waals surface area contributed by atoms with Crippen LogP contribution in [-0.4, -0.2) is 46.5 Å². The summed E-state index contributed by atoms with van der Waals surface area (Å²) >= 11 is 1.63. The molecule has 0 radical (unpaired) electrons. The number of nitrogens with zero attached hydrogens (tertiary/aromatic N) is 3. The van der Waals surface area contributed by atoms with Crippen LogP contribution in [0.5, 0.6) is 0 Å². The highest BCUT2D eigenvalue weighted by molar-refractivity contribution is 7.15. The first-order valence-electron chi connectivity index (χ1n) is 9.86. The molecule has 0 saturated carbocycles. The molecule has 0 bridgehead atoms. The van der Waals surface area contributed by atoms with Crippen LogP contribution in [-0.2, 0) is 4.79 Å². The molecule has 0 aromatic carbocycles. The van der Waals surface area contributed by atoms with Gasteiger partial charge >= 0.3 is 0 Å². The second-order valence-electron chi connectivity index (χ2n) is 7.48. The summed E-state index contributed by atoms with van der Waals surface area (Å²) in [6.45, 7) is 4.71. The van der Waals surface area contributed by atoms with Crippen molar-refractivity contribution >= 4 is 28.2 Å². The molecule has 1 atom stereocenters. The fourth-order valence-electron chi connectivity index (χ4n) is 4.01. The number of hydrogen-bond donors (Lipinski definition) is 2. The average Bonchev–Trinajstić information content (AvgIpc) is 3.13. The summed E-state index contributed by atoms with van der Waals surface area (Å²) in [5.74, 6) is 1.62. The van der Waals surface area contributed by atoms with E-state index in [1.165, 1.54) is 16.9 Å². The van der Waals surface area contributed by atoms with E-state index in [9.17, 15) is 4.79 Å². The number of anilines is 2. The standard InChI is InChI=1S/C20H27N5OS/c1-14-13-23-20(27-14)24-18-12-16(5-9-22-18)15-6-10-25(11-7-15)19(26)17-4-2-3-8-21-17/h5,9,12-13,15,17,21H,2-4,6-8,10-11H2,1H3,(H,22,23,24)/t17-/m0/s1. The second kappa shape index (κ2) is 8.35. The second-order valence-corrected chi connectivity index (χ2v) is 8.71. The Balaban J connectivity index is 1.35. The summed E-state index contributed by atoms with van der Waals surface area (Å²) in [5, 5.41) is 7.55. The number of hydrogen-bond acceptors (Lipinski definition) is 6. The van der Waals surface area contributed by atoms with Gasteiger partial charge in [-0.3, -0.25) is 4.79 Å². The minimum atomic E-state index is 0.0359. The van der Waals surface area contributed by atoms with E-state index in [0.29, 0.717) is 11.8 Å². The third-order valence-corrected chi connectivity index (χ3v) is 6.35. The fourth-order valence-corrected chi connectivity index (χ4v) is 4.68. The molecule has 2 aromatic rings. The van der Waals surface area contributed by atoms with Gasteiger partial charge in [0.15, 0.2) is 5.13 Å². The first kappa shape index (κ1) is 18.4. The topological polar surface area (TPSA) is 70.2 Å². The molecule has 6 nitrogen and oxygen atoms in total. The number of rotatable bonds is 4. The lowest BCUT2D eigenvalue weighted by Crippen LogP contribution is -2.50. The zero-order valence-corrected chi connectivity index (χ0v) is 16.6. The number of amides is 1. The average molecular weight is 386 g/mol. The number of likely N-dealkylation sites (tertiary alicyclic amines) is 1. The molecule has 4 rings (SSSR count). The van der Waals surface area contributed by atoms with Crippen LogP contribution in [0.25, 0.3) is 0 Å². The monoisotopic (exact) mass is 385 g/mol. The highest BCUT2D eigenvalue weighted by Crippen LogP contribution is 2.30. The number of carbonyl (C=O) groups is 1. The maximum absolute atomic E-state index is 12.7. The summed E-state index contributed by atoms with van der Waals surface area (Å²) in [6.07, 6.45) is 9.08. The number of aromatic nitrogens is 2. The third-order valence-electron chi connectivity index (χ3n) is 5.53. The molecule has 2 N–H and O–H groups in total. The van der Waals surface area contributed by atoms with E-state index in [2.05, 4.69) is 37.6 Å². The molecule has 2 fully saturated rings. The SMILES string of the molecule is Cc1cnc(Nc2cc(C3CCN(C(=O)[C@@H]4CCCCN4)CC3)ccn2)s1. The molecule has 0 unspecified atom stereocenters. The van der Waals surface area contributed by atoms with Crippen molar-refractivity contribution in [3.63, 3.8) is 0 Å². The first-order valence-corrected chi connectivity index (χ1v) is 10.7. The number of aryl methyl sites for hydroxylation is 1. The van der Waals surface area contributed by atoms with E-state index < -0.39 is 0 Å². The van der Waals surface area contributed by atoms with Crippen molar-refractivity contribution < 1.29 is 4.79 Å². The molecular formula is C20H27N5OS. The largest absolute Gasteiger partial charge is 0.341 e. The van der Waals surface area contributed by atoms with Crippen molar-refractivity contribution in [3.8, 4) is 0 Å². The van der Waals surface area contributed by atoms with Crippen LogP contribution in [0.3, 0.4) is 0 Å². The summed E-state index contributed by atoms with van der Waals surface area (Å²) < 4.78 is 0. The summed E-state index contributed by atoms with van der Waals surface area (Å²) in [5.41, 5.74) is 1.30. The van der Waals surface area contributed by atoms with Gasteiger partial charge in [-0.15, -0.1) is 11.3 Å². The van der Waals surface area contributed by atoms with Gasteiger partial charge in [0.25, 0.3) is 0 Å². The maximum atomic E-state index is 12.7. The van der Waals surface area contributed by atoms with Gasteiger partial charge in [0.2, 0.25) is 5.91 Å². The maximum Gasteiger partial charge on any atom is 0.239 e. The van der Waals surface area contributed by atoms with Crippen LogP contribution < -0.4 is 10.6 Å². The van der Waals surface area contributed by atoms with Crippen LogP contribution in [0.2, 0.25) is 0 Å². The molecule has 2 aromatic heterocycles. The Labute approximate surface area is 164 Å². The van der Waals surface area contributed by atoms with Crippen molar-refractivity contribution in [2.45, 2.75) is 51.0 Å². The van der Waals surface area contributed by atoms with Gasteiger partial charge < -0.3 is 15.5 Å². The van der Waals surface area contributed by atoms with E-state index >= 15 is 0 Å². The molecule has 0 aliphatic carbocycles. The molecule has 1 amide bonds. The van der Waals surface area contributed by atoms with Crippen LogP contribution in [0, 0.1) is 6.92 Å². The number of nitrogens with one attached hydrogen (secondary N) is 2. The van der Waals surface area contributed by atoms with Gasteiger partial charge in [-0.1, -0.05) is 6.42 Å². The van der Waals surface area contributed by atoms with Crippen molar-refractivity contribution in [3.05, 3.63) is 35.0 Å². The number of piperidine rings is 2. The Morgan fingerprint density at radius 2 is 2.11 bits per heavy atom. The van der Waals surface area contributed by atoms with Crippen LogP contribution >= 0.6 is 11.3 Å². The Bertz CT molecular complexity index is 778. The predicted molar refractivity (Wildman–Crippen MR) is 109 cm³/mol. The fraction of sp³-hybridized carbons (Fsp3) is 0.550. The van der Waals surface area contributed by atoms with E-state index in [0.717, 1.165) is 56.3 Å². The Morgan fingerprint density at radius 3 is 2.81 bits per heavy atom. The van der Waals surface area contributed by atoms with Gasteiger partial charge in [-0.25, -0.2) is 9.97 Å². The highest BCUT2D eigenvalue weighted by atomic mass is 32.1. The predicted octanol–water partition coefficient (Wildman–Crippen LogP) is 3.44. The normalized spacial score (nSPS) is 21.2. The Hall–Kier alpha value is -1.99. The van der Waals surface area contributed by atoms with E-state index in [1.54, 1.807) is 11.3 Å². The molecular weight excluding hydrogens is 358 g/mol. The van der Waals surface area contributed by atoms with Crippen molar-refractivity contribution in [2.24, 2.45) is 0 Å². The number of thiazole rings is 1. The quantitative estimate of drug-likeness (QED) is 0.844. The molecule has 2 aliphatic rings. The molecule has 4 heterocycles. The molecule has 2 aliphatic heterocycles. The summed E-state index contributed by atoms with van der Waals surface area (Å²) in [7, 11) is 0. The highest BCUT2D eigenvalue weighted by Gasteiger charge is 2.29. The Morgan fingerprint density at radius 1 is 1.26 bits per heavy atom. The minimum absolute atomic E-state index is 0.0359. The van der Waals surface area contributed by atoms with Crippen molar-refractivity contribution in [1.29, 1.82) is 0 Å². The molecule has 2 saturated heterocycles. The van der Waals surface area contributed by atoms with Crippen LogP contribution in [0.4, 0.5) is 10.9 Å². The third kappa shape index (κ3) is 4.47. The lowest BCUT2D eigenvalue weighted by atomic mass is 9.89. The van der Waals surface area contributed by atoms with Crippen molar-refractivity contribution in [1.82, 2.24) is 20.2 Å². The van der Waals surface area contributed by atoms with Crippen LogP contribution in [0.1, 0.15) is 48.5 Å². The zero-order chi connectivity index (χ0) is 18.6. The van der Waals surface area contributed by atoms with Crippen molar-refractivity contribution in [2.75, 3.05) is 25.0 Å². The van der Waals surface area contributed by atoms with E-state index in [-0.39, 0.29) is 6.04 Å². The summed E-state index contributed by atoms with van der Waals surface area (Å²) in [4.78, 5) is 24.7. The van der Waals surface area contributed by atoms with Crippen LogP contribution in [0.15, 0.2) is 24.5 Å². The smallest absolute Gasteiger partial charge is 0.239 e. The van der Waals surface area contributed by atoms with Gasteiger partial charge in [-0.2, -0.15) is 0 Å². The number of pyridine rings is 1. The summed E-state index contributed by atoms with van der Waals surface area (Å²) in [6, 6.07) is 4.26. The molecule has 144 valence electrons. The lowest BCUT2D eigenvalue weighted by molar-refractivity contribution is -0.135. The van der Waals surface area contributed by atoms with Gasteiger partial charge in [0.05, 0.1) is 6.04 Å². The number of carbonyl (C=O) groups excluding carboxylic acids is 1. The van der Waals surface area contributed by atoms with Gasteiger partial charge in [0, 0.05) is 30.4 Å². The molecule has 0 spiro atoms. The zero-order valence-electron chi connectivity index (χ0n) is 15.8. The minimum Gasteiger partial charge on any atom is -0.341 e. The molecule has 27 heavy (non-hydrogen) atoms. The molecule has 7 heteroatoms. The Kier molecular flexibility index (Phi) is 5.69. The van der Waals surface area contributed by atoms with Gasteiger partial charge in [-0.05, 0) is 62.8 Å². The lowest BCUT2D eigenvalue weighted by Gasteiger charge is -2.35. The first-order chi connectivity index (χ1) is 13.2.